The third-order valence-electron chi connectivity index (χ3n) is 8.73. The maximum absolute atomic E-state index is 8.49. The first-order valence-electron chi connectivity index (χ1n) is 14.9. The second-order valence-corrected chi connectivity index (χ2v) is 12.7. The molecule has 0 unspecified atom stereocenters. The Bertz CT molecular complexity index is 1910. The van der Waals surface area contributed by atoms with Crippen LogP contribution < -0.4 is 18.6 Å². The van der Waals surface area contributed by atoms with E-state index in [1.807, 2.05) is 0 Å². The molecule has 2 heterocycles. The molecule has 0 fully saturated rings. The van der Waals surface area contributed by atoms with Gasteiger partial charge in [0.05, 0.1) is 5.41 Å². The minimum Gasteiger partial charge on any atom is -0.456 e. The summed E-state index contributed by atoms with van der Waals surface area (Å²) in [5.41, 5.74) is 10.1. The molecule has 0 saturated carbocycles. The third kappa shape index (κ3) is 6.29. The minimum absolute atomic E-state index is 0.113. The fraction of sp³-hybridized carbons (Fsp3) is 0.184. The monoisotopic (exact) mass is 619 g/mol. The van der Waals surface area contributed by atoms with Crippen LogP contribution in [-0.4, -0.2) is 17.3 Å². The topological polar surface area (TPSA) is 104 Å². The molecule has 7 heteroatoms. The molecule has 0 spiro atoms. The van der Waals surface area contributed by atoms with Crippen molar-refractivity contribution in [3.63, 3.8) is 0 Å². The van der Waals surface area contributed by atoms with Gasteiger partial charge < -0.3 is 4.74 Å². The predicted octanol–water partition coefficient (Wildman–Crippen LogP) is 4.61. The number of ether oxygens (including phenoxy) is 1. The lowest BCUT2D eigenvalue weighted by atomic mass is 9.78. The third-order valence-corrected chi connectivity index (χ3v) is 8.73. The average Bonchev–Trinajstić information content (AvgIpc) is 3.23. The molecule has 0 aromatic heterocycles. The van der Waals surface area contributed by atoms with Gasteiger partial charge in [-0.15, -0.1) is 10.2 Å². The highest BCUT2D eigenvalue weighted by Crippen LogP contribution is 2.46. The lowest BCUT2D eigenvalue weighted by Crippen LogP contribution is -2.68. The zero-order valence-electron chi connectivity index (χ0n) is 25.5. The van der Waals surface area contributed by atoms with Crippen molar-refractivity contribution >= 4 is 33.5 Å². The van der Waals surface area contributed by atoms with Crippen LogP contribution in [0.15, 0.2) is 132 Å². The maximum atomic E-state index is 8.49. The number of hydrogen-bond acceptors (Lipinski definition) is 5. The highest BCUT2D eigenvalue weighted by molar-refractivity contribution is 6.07. The summed E-state index contributed by atoms with van der Waals surface area (Å²) in [6.07, 6.45) is 10.0. The summed E-state index contributed by atoms with van der Waals surface area (Å²) in [7, 11) is -2.74. The molecule has 45 heavy (non-hydrogen) atoms. The van der Waals surface area contributed by atoms with E-state index >= 15 is 0 Å². The quantitative estimate of drug-likeness (QED) is 0.310. The van der Waals surface area contributed by atoms with Crippen molar-refractivity contribution in [3.05, 3.63) is 149 Å². The highest BCUT2D eigenvalue weighted by Gasteiger charge is 2.44. The fourth-order valence-electron chi connectivity index (χ4n) is 6.77. The van der Waals surface area contributed by atoms with E-state index in [0.29, 0.717) is 0 Å². The Balaban J connectivity index is 0.000000664. The number of rotatable bonds is 4. The van der Waals surface area contributed by atoms with Crippen molar-refractivity contribution in [1.29, 1.82) is 0 Å². The minimum atomic E-state index is -4.94. The average molecular weight is 620 g/mol. The van der Waals surface area contributed by atoms with Crippen LogP contribution in [0.2, 0.25) is 0 Å². The Morgan fingerprint density at radius 2 is 1.38 bits per heavy atom. The molecule has 0 amide bonds. The van der Waals surface area contributed by atoms with Crippen LogP contribution in [0.25, 0.3) is 22.1 Å². The van der Waals surface area contributed by atoms with E-state index in [9.17, 15) is 0 Å². The maximum Gasteiger partial charge on any atom is 0.210 e. The van der Waals surface area contributed by atoms with E-state index in [1.54, 1.807) is 0 Å². The van der Waals surface area contributed by atoms with E-state index in [1.165, 1.54) is 50.0 Å². The molecule has 4 aromatic rings. The van der Waals surface area contributed by atoms with Crippen molar-refractivity contribution in [2.24, 2.45) is 0 Å². The molecule has 0 bridgehead atoms. The van der Waals surface area contributed by atoms with Crippen LogP contribution >= 0.6 is 0 Å². The number of halogens is 1. The van der Waals surface area contributed by atoms with Gasteiger partial charge in [0.2, 0.25) is 5.69 Å². The lowest BCUT2D eigenvalue weighted by Gasteiger charge is -2.29. The van der Waals surface area contributed by atoms with Crippen molar-refractivity contribution in [3.8, 4) is 0 Å². The van der Waals surface area contributed by atoms with Gasteiger partial charge in [-0.2, -0.15) is 4.58 Å². The molecule has 7 rings (SSSR count). The molecule has 4 aromatic carbocycles. The van der Waals surface area contributed by atoms with Crippen LogP contribution in [0.4, 0.5) is 5.69 Å². The molecule has 2 aliphatic heterocycles. The van der Waals surface area contributed by atoms with Crippen LogP contribution in [0.5, 0.6) is 0 Å². The van der Waals surface area contributed by atoms with Gasteiger partial charge >= 0.3 is 0 Å². The summed E-state index contributed by atoms with van der Waals surface area (Å²) in [4.78, 5) is 0. The lowest BCUT2D eigenvalue weighted by molar-refractivity contribution is -2.00. The van der Waals surface area contributed by atoms with E-state index in [4.69, 9.17) is 23.4 Å². The van der Waals surface area contributed by atoms with E-state index in [2.05, 4.69) is 141 Å². The van der Waals surface area contributed by atoms with E-state index in [-0.39, 0.29) is 5.41 Å². The zero-order chi connectivity index (χ0) is 31.8. The van der Waals surface area contributed by atoms with Gasteiger partial charge in [-0.1, -0.05) is 84.9 Å². The molecule has 0 radical (unpaired) electrons. The molecule has 228 valence electrons. The van der Waals surface area contributed by atoms with Crippen LogP contribution in [0, 0.1) is 10.2 Å². The second-order valence-electron chi connectivity index (χ2n) is 11.9. The molecule has 3 aliphatic rings. The van der Waals surface area contributed by atoms with Crippen LogP contribution in [-0.2, 0) is 10.2 Å². The van der Waals surface area contributed by atoms with Crippen LogP contribution in [0.1, 0.15) is 49.8 Å². The van der Waals surface area contributed by atoms with Crippen molar-refractivity contribution < 1.29 is 38.2 Å². The fourth-order valence-corrected chi connectivity index (χ4v) is 6.77. The molecule has 1 aliphatic carbocycles. The van der Waals surface area contributed by atoms with E-state index < -0.39 is 10.2 Å². The Morgan fingerprint density at radius 1 is 0.756 bits per heavy atom. The first-order valence-corrected chi connectivity index (χ1v) is 16.2. The molecule has 0 atom stereocenters. The highest BCUT2D eigenvalue weighted by atomic mass is 35.7. The van der Waals surface area contributed by atoms with Gasteiger partial charge in [0.1, 0.15) is 18.6 Å². The van der Waals surface area contributed by atoms with E-state index in [0.717, 1.165) is 36.3 Å². The SMILES string of the molecule is C[N+]1=C(/C=C/C2=C3OC(c4ccccc4)=CC(c4ccccc4)=C3CCC2)C(C)(C)c2c1ccc1ccccc21.[O-][Cl+3]([O-])([O-])[O-]. The number of nitrogens with zero attached hydrogens (tertiary/aromatic N) is 1. The first-order chi connectivity index (χ1) is 21.5. The standard InChI is InChI=1S/C38H34NO.ClHO4/c1-38(2)35(39(3)33-23-21-27-15-10-11-19-30(27)36(33)38)24-22-29-18-12-20-31-32(26-13-6-4-7-14-26)25-34(40-37(29)31)28-16-8-5-9-17-28;2-1(3,4)5/h4-11,13-17,19,21-25H,12,18,20H2,1-3H3;(H,2,3,4,5)/q+1;/p-1/b24-22+;. The summed E-state index contributed by atoms with van der Waals surface area (Å²) < 4.78 is 43.1. The number of hydrogen-bond donors (Lipinski definition) is 0. The van der Waals surface area contributed by atoms with Gasteiger partial charge in [0.15, 0.2) is 5.71 Å². The van der Waals surface area contributed by atoms with Crippen molar-refractivity contribution in [2.75, 3.05) is 7.05 Å². The van der Waals surface area contributed by atoms with Gasteiger partial charge in [0, 0.05) is 28.8 Å². The smallest absolute Gasteiger partial charge is 0.210 e. The summed E-state index contributed by atoms with van der Waals surface area (Å²) >= 11 is 0. The molecular weight excluding hydrogens is 586 g/mol. The molecule has 0 saturated heterocycles. The van der Waals surface area contributed by atoms with Gasteiger partial charge in [-0.3, -0.25) is 0 Å². The number of fused-ring (bicyclic) bond motifs is 4. The molecular formula is C38H34ClNO5. The zero-order valence-corrected chi connectivity index (χ0v) is 26.2. The largest absolute Gasteiger partial charge is 0.456 e. The number of benzene rings is 4. The summed E-state index contributed by atoms with van der Waals surface area (Å²) in [5.74, 6) is 1.94. The second kappa shape index (κ2) is 12.2. The Hall–Kier alpha value is -4.30. The van der Waals surface area contributed by atoms with Gasteiger partial charge in [-0.05, 0) is 78.8 Å². The van der Waals surface area contributed by atoms with Gasteiger partial charge in [-0.25, -0.2) is 18.6 Å². The molecule has 0 N–H and O–H groups in total. The Labute approximate surface area is 265 Å². The summed E-state index contributed by atoms with van der Waals surface area (Å²) in [6.45, 7) is 4.71. The van der Waals surface area contributed by atoms with Crippen molar-refractivity contribution in [2.45, 2.75) is 38.5 Å². The molecule has 6 nitrogen and oxygen atoms in total. The van der Waals surface area contributed by atoms with Gasteiger partial charge in [0.25, 0.3) is 0 Å². The predicted molar refractivity (Wildman–Crippen MR) is 167 cm³/mol. The Kier molecular flexibility index (Phi) is 8.35. The normalized spacial score (nSPS) is 17.5. The summed E-state index contributed by atoms with van der Waals surface area (Å²) in [6, 6.07) is 34.5. The summed E-state index contributed by atoms with van der Waals surface area (Å²) in [5, 5.41) is 2.63. The van der Waals surface area contributed by atoms with Crippen LogP contribution in [0.3, 0.4) is 0 Å². The first kappa shape index (κ1) is 30.7. The number of allylic oxidation sites excluding steroid dienone is 6. The Morgan fingerprint density at radius 3 is 2.07 bits per heavy atom. The van der Waals surface area contributed by atoms with Crippen molar-refractivity contribution in [1.82, 2.24) is 0 Å².